The zero-order valence-corrected chi connectivity index (χ0v) is 16.2. The van der Waals surface area contributed by atoms with E-state index in [1.807, 2.05) is 19.1 Å². The van der Waals surface area contributed by atoms with Crippen LogP contribution >= 0.6 is 23.2 Å². The molecule has 1 heterocycles. The van der Waals surface area contributed by atoms with E-state index in [1.165, 1.54) is 12.1 Å². The standard InChI is InChI=1S/C20H17Cl2NO4/c1-11-7-20(25)27-17-9-18(16(22)8-15(11)17)26-10-19(24)23-12(2)13-3-5-14(21)6-4-13/h3-9,12H,10H2,1-2H3,(H,23,24)/t12-/m1/s1. The highest BCUT2D eigenvalue weighted by atomic mass is 35.5. The average molecular weight is 406 g/mol. The summed E-state index contributed by atoms with van der Waals surface area (Å²) in [6, 6.07) is 11.6. The van der Waals surface area contributed by atoms with E-state index < -0.39 is 5.63 Å². The van der Waals surface area contributed by atoms with Gasteiger partial charge in [0.15, 0.2) is 6.61 Å². The maximum Gasteiger partial charge on any atom is 0.336 e. The van der Waals surface area contributed by atoms with Gasteiger partial charge >= 0.3 is 5.63 Å². The Kier molecular flexibility index (Phi) is 5.73. The Hall–Kier alpha value is -2.50. The highest BCUT2D eigenvalue weighted by molar-refractivity contribution is 6.32. The zero-order chi connectivity index (χ0) is 19.6. The molecule has 1 N–H and O–H groups in total. The molecule has 140 valence electrons. The van der Waals surface area contributed by atoms with Gasteiger partial charge in [0.1, 0.15) is 11.3 Å². The van der Waals surface area contributed by atoms with Crippen molar-refractivity contribution in [1.82, 2.24) is 5.32 Å². The number of ether oxygens (including phenoxy) is 1. The quantitative estimate of drug-likeness (QED) is 0.626. The number of halogens is 2. The summed E-state index contributed by atoms with van der Waals surface area (Å²) in [4.78, 5) is 23.7. The SMILES string of the molecule is Cc1cc(=O)oc2cc(OCC(=O)N[C@H](C)c3ccc(Cl)cc3)c(Cl)cc12. The van der Waals surface area contributed by atoms with Crippen LogP contribution in [-0.4, -0.2) is 12.5 Å². The van der Waals surface area contributed by atoms with Crippen molar-refractivity contribution in [3.63, 3.8) is 0 Å². The Bertz CT molecular complexity index is 1040. The van der Waals surface area contributed by atoms with Gasteiger partial charge in [-0.05, 0) is 43.2 Å². The number of hydrogen-bond acceptors (Lipinski definition) is 4. The highest BCUT2D eigenvalue weighted by Crippen LogP contribution is 2.31. The van der Waals surface area contributed by atoms with E-state index in [0.717, 1.165) is 11.1 Å². The molecule has 1 aromatic heterocycles. The van der Waals surface area contributed by atoms with E-state index >= 15 is 0 Å². The first-order valence-corrected chi connectivity index (χ1v) is 9.00. The number of amides is 1. The van der Waals surface area contributed by atoms with Crippen molar-refractivity contribution in [1.29, 1.82) is 0 Å². The number of carbonyl (C=O) groups is 1. The van der Waals surface area contributed by atoms with Crippen molar-refractivity contribution in [2.75, 3.05) is 6.61 Å². The molecule has 0 saturated heterocycles. The van der Waals surface area contributed by atoms with Gasteiger partial charge in [-0.3, -0.25) is 4.79 Å². The smallest absolute Gasteiger partial charge is 0.336 e. The lowest BCUT2D eigenvalue weighted by molar-refractivity contribution is -0.123. The van der Waals surface area contributed by atoms with Crippen LogP contribution < -0.4 is 15.7 Å². The summed E-state index contributed by atoms with van der Waals surface area (Å²) in [6.45, 7) is 3.43. The van der Waals surface area contributed by atoms with Gasteiger partial charge in [-0.15, -0.1) is 0 Å². The molecule has 27 heavy (non-hydrogen) atoms. The molecule has 7 heteroatoms. The zero-order valence-electron chi connectivity index (χ0n) is 14.7. The fourth-order valence-corrected chi connectivity index (χ4v) is 3.04. The van der Waals surface area contributed by atoms with Gasteiger partial charge in [0, 0.05) is 22.5 Å². The first-order chi connectivity index (χ1) is 12.8. The number of carbonyl (C=O) groups excluding carboxylic acids is 1. The van der Waals surface area contributed by atoms with E-state index in [-0.39, 0.29) is 24.3 Å². The van der Waals surface area contributed by atoms with Gasteiger partial charge in [0.2, 0.25) is 0 Å². The van der Waals surface area contributed by atoms with Crippen molar-refractivity contribution in [3.8, 4) is 5.75 Å². The summed E-state index contributed by atoms with van der Waals surface area (Å²) in [6.07, 6.45) is 0. The number of nitrogens with one attached hydrogen (secondary N) is 1. The molecule has 0 fully saturated rings. The molecule has 3 aromatic rings. The van der Waals surface area contributed by atoms with Crippen LogP contribution in [0.4, 0.5) is 0 Å². The lowest BCUT2D eigenvalue weighted by atomic mass is 10.1. The monoisotopic (exact) mass is 405 g/mol. The van der Waals surface area contributed by atoms with Crippen LogP contribution in [0.15, 0.2) is 51.7 Å². The Morgan fingerprint density at radius 2 is 1.89 bits per heavy atom. The minimum absolute atomic E-state index is 0.203. The van der Waals surface area contributed by atoms with Crippen molar-refractivity contribution in [2.24, 2.45) is 0 Å². The van der Waals surface area contributed by atoms with E-state index in [1.54, 1.807) is 25.1 Å². The highest BCUT2D eigenvalue weighted by Gasteiger charge is 2.13. The van der Waals surface area contributed by atoms with Crippen LogP contribution in [-0.2, 0) is 4.79 Å². The van der Waals surface area contributed by atoms with Crippen molar-refractivity contribution >= 4 is 40.1 Å². The van der Waals surface area contributed by atoms with Gasteiger partial charge in [0.25, 0.3) is 5.91 Å². The Balaban J connectivity index is 1.68. The maximum atomic E-state index is 12.2. The summed E-state index contributed by atoms with van der Waals surface area (Å²) in [5, 5.41) is 4.52. The van der Waals surface area contributed by atoms with Crippen LogP contribution in [0.1, 0.15) is 24.1 Å². The van der Waals surface area contributed by atoms with Gasteiger partial charge in [-0.2, -0.15) is 0 Å². The molecule has 5 nitrogen and oxygen atoms in total. The molecule has 0 saturated carbocycles. The second-order valence-corrected chi connectivity index (χ2v) is 7.00. The Morgan fingerprint density at radius 3 is 2.59 bits per heavy atom. The molecule has 0 bridgehead atoms. The second-order valence-electron chi connectivity index (χ2n) is 6.16. The number of benzene rings is 2. The molecule has 2 aromatic carbocycles. The third-order valence-electron chi connectivity index (χ3n) is 4.11. The maximum absolute atomic E-state index is 12.2. The molecular formula is C20H17Cl2NO4. The largest absolute Gasteiger partial charge is 0.482 e. The molecule has 0 aliphatic rings. The third kappa shape index (κ3) is 4.62. The van der Waals surface area contributed by atoms with Crippen molar-refractivity contribution < 1.29 is 13.9 Å². The molecule has 1 atom stereocenters. The minimum atomic E-state index is -0.456. The predicted octanol–water partition coefficient (Wildman–Crippen LogP) is 4.66. The number of hydrogen-bond donors (Lipinski definition) is 1. The molecule has 0 unspecified atom stereocenters. The summed E-state index contributed by atoms with van der Waals surface area (Å²) in [5.41, 5.74) is 1.58. The fourth-order valence-electron chi connectivity index (χ4n) is 2.69. The average Bonchev–Trinajstić information content (AvgIpc) is 2.61. The van der Waals surface area contributed by atoms with Crippen LogP contribution in [0.2, 0.25) is 10.0 Å². The lowest BCUT2D eigenvalue weighted by Gasteiger charge is -2.15. The molecule has 0 aliphatic heterocycles. The van der Waals surface area contributed by atoms with E-state index in [9.17, 15) is 9.59 Å². The fraction of sp³-hybridized carbons (Fsp3) is 0.200. The van der Waals surface area contributed by atoms with Crippen molar-refractivity contribution in [3.05, 3.63) is 74.1 Å². The molecule has 0 radical (unpaired) electrons. The van der Waals surface area contributed by atoms with Gasteiger partial charge in [-0.25, -0.2) is 4.79 Å². The lowest BCUT2D eigenvalue weighted by Crippen LogP contribution is -2.31. The van der Waals surface area contributed by atoms with Crippen LogP contribution in [0.25, 0.3) is 11.0 Å². The minimum Gasteiger partial charge on any atom is -0.482 e. The van der Waals surface area contributed by atoms with Gasteiger partial charge in [0.05, 0.1) is 11.1 Å². The summed E-state index contributed by atoms with van der Waals surface area (Å²) >= 11 is 12.1. The van der Waals surface area contributed by atoms with Crippen LogP contribution in [0.5, 0.6) is 5.75 Å². The predicted molar refractivity (Wildman–Crippen MR) is 106 cm³/mol. The van der Waals surface area contributed by atoms with E-state index in [2.05, 4.69) is 5.32 Å². The second kappa shape index (κ2) is 8.03. The Morgan fingerprint density at radius 1 is 1.19 bits per heavy atom. The number of fused-ring (bicyclic) bond motifs is 1. The molecule has 0 spiro atoms. The molecule has 1 amide bonds. The molecule has 3 rings (SSSR count). The van der Waals surface area contributed by atoms with E-state index in [0.29, 0.717) is 21.0 Å². The number of aryl methyl sites for hydroxylation is 1. The first kappa shape index (κ1) is 19.3. The summed E-state index contributed by atoms with van der Waals surface area (Å²) < 4.78 is 10.7. The molecule has 0 aliphatic carbocycles. The van der Waals surface area contributed by atoms with Gasteiger partial charge < -0.3 is 14.5 Å². The summed E-state index contributed by atoms with van der Waals surface area (Å²) in [5.74, 6) is -0.0356. The Labute approximate surface area is 165 Å². The number of rotatable bonds is 5. The molecular weight excluding hydrogens is 389 g/mol. The first-order valence-electron chi connectivity index (χ1n) is 8.25. The summed E-state index contributed by atoms with van der Waals surface area (Å²) in [7, 11) is 0. The topological polar surface area (TPSA) is 68.5 Å². The normalized spacial score (nSPS) is 12.0. The van der Waals surface area contributed by atoms with E-state index in [4.69, 9.17) is 32.4 Å². The van der Waals surface area contributed by atoms with Crippen LogP contribution in [0.3, 0.4) is 0 Å². The van der Waals surface area contributed by atoms with Gasteiger partial charge in [-0.1, -0.05) is 35.3 Å². The van der Waals surface area contributed by atoms with Crippen molar-refractivity contribution in [2.45, 2.75) is 19.9 Å². The van der Waals surface area contributed by atoms with Crippen LogP contribution in [0, 0.1) is 6.92 Å². The third-order valence-corrected chi connectivity index (χ3v) is 4.66.